The Morgan fingerprint density at radius 2 is 1.68 bits per heavy atom. The molecule has 0 N–H and O–H groups in total. The van der Waals surface area contributed by atoms with Gasteiger partial charge in [0.1, 0.15) is 5.75 Å². The second-order valence-electron chi connectivity index (χ2n) is 4.27. The monoisotopic (exact) mass is 253 g/mol. The predicted molar refractivity (Wildman–Crippen MR) is 71.2 cm³/mol. The molecular formula is C15H11NO3. The van der Waals surface area contributed by atoms with E-state index in [2.05, 4.69) is 0 Å². The van der Waals surface area contributed by atoms with Gasteiger partial charge >= 0.3 is 0 Å². The lowest BCUT2D eigenvalue weighted by Crippen LogP contribution is -2.19. The largest absolute Gasteiger partial charge is 0.474 e. The van der Waals surface area contributed by atoms with E-state index in [4.69, 9.17) is 4.74 Å². The Kier molecular flexibility index (Phi) is 2.76. The van der Waals surface area contributed by atoms with Crippen molar-refractivity contribution in [3.63, 3.8) is 0 Å². The van der Waals surface area contributed by atoms with Crippen molar-refractivity contribution in [1.29, 1.82) is 0 Å². The molecule has 0 aromatic heterocycles. The third kappa shape index (κ3) is 2.08. The number of ether oxygens (including phenoxy) is 1. The van der Waals surface area contributed by atoms with Crippen molar-refractivity contribution in [1.82, 2.24) is 0 Å². The van der Waals surface area contributed by atoms with Gasteiger partial charge in [-0.25, -0.2) is 0 Å². The Morgan fingerprint density at radius 1 is 1.00 bits per heavy atom. The lowest BCUT2D eigenvalue weighted by molar-refractivity contribution is -0.434. The van der Waals surface area contributed by atoms with Crippen LogP contribution in [0, 0.1) is 10.1 Å². The summed E-state index contributed by atoms with van der Waals surface area (Å²) in [4.78, 5) is 10.8. The summed E-state index contributed by atoms with van der Waals surface area (Å²) in [6.45, 7) is 0. The maximum atomic E-state index is 11.2. The fourth-order valence-electron chi connectivity index (χ4n) is 2.14. The fourth-order valence-corrected chi connectivity index (χ4v) is 2.14. The minimum atomic E-state index is -0.661. The molecule has 0 fully saturated rings. The first-order valence-corrected chi connectivity index (χ1v) is 5.92. The van der Waals surface area contributed by atoms with Crippen molar-refractivity contribution in [3.05, 3.63) is 81.5 Å². The molecule has 0 radical (unpaired) electrons. The molecule has 2 aromatic carbocycles. The van der Waals surface area contributed by atoms with Crippen LogP contribution in [0.25, 0.3) is 6.08 Å². The zero-order valence-electron chi connectivity index (χ0n) is 10.0. The highest BCUT2D eigenvalue weighted by atomic mass is 16.6. The SMILES string of the molecule is O=[N+]([O-])C1=Cc2ccccc2OC1c1ccccc1. The average Bonchev–Trinajstić information content (AvgIpc) is 2.46. The molecule has 1 unspecified atom stereocenters. The van der Waals surface area contributed by atoms with Gasteiger partial charge in [0.25, 0.3) is 5.70 Å². The van der Waals surface area contributed by atoms with E-state index in [1.807, 2.05) is 48.5 Å². The Labute approximate surface area is 110 Å². The number of fused-ring (bicyclic) bond motifs is 1. The van der Waals surface area contributed by atoms with Gasteiger partial charge in [0.05, 0.1) is 4.92 Å². The van der Waals surface area contributed by atoms with Crippen molar-refractivity contribution in [2.45, 2.75) is 6.10 Å². The van der Waals surface area contributed by atoms with Crippen molar-refractivity contribution >= 4 is 6.08 Å². The van der Waals surface area contributed by atoms with E-state index in [1.165, 1.54) is 0 Å². The van der Waals surface area contributed by atoms with Gasteiger partial charge in [0.15, 0.2) is 0 Å². The number of para-hydroxylation sites is 1. The molecule has 2 aromatic rings. The Hall–Kier alpha value is -2.62. The van der Waals surface area contributed by atoms with Crippen LogP contribution in [0.15, 0.2) is 60.3 Å². The lowest BCUT2D eigenvalue weighted by Gasteiger charge is -2.22. The Morgan fingerprint density at radius 3 is 2.42 bits per heavy atom. The van der Waals surface area contributed by atoms with Crippen LogP contribution in [0.4, 0.5) is 0 Å². The van der Waals surface area contributed by atoms with Gasteiger partial charge in [-0.2, -0.15) is 0 Å². The fraction of sp³-hybridized carbons (Fsp3) is 0.0667. The molecule has 1 aliphatic heterocycles. The molecule has 1 aliphatic rings. The molecule has 3 rings (SSSR count). The van der Waals surface area contributed by atoms with E-state index >= 15 is 0 Å². The van der Waals surface area contributed by atoms with Crippen LogP contribution in [0.5, 0.6) is 5.75 Å². The van der Waals surface area contributed by atoms with Gasteiger partial charge in [0, 0.05) is 17.2 Å². The van der Waals surface area contributed by atoms with Gasteiger partial charge in [-0.15, -0.1) is 0 Å². The van der Waals surface area contributed by atoms with Crippen LogP contribution in [0.1, 0.15) is 17.2 Å². The van der Waals surface area contributed by atoms with Gasteiger partial charge in [-0.3, -0.25) is 10.1 Å². The molecule has 0 aliphatic carbocycles. The first kappa shape index (κ1) is 11.5. The van der Waals surface area contributed by atoms with Crippen molar-refractivity contribution < 1.29 is 9.66 Å². The maximum absolute atomic E-state index is 11.2. The molecule has 0 saturated carbocycles. The van der Waals surface area contributed by atoms with E-state index in [-0.39, 0.29) is 10.6 Å². The third-order valence-corrected chi connectivity index (χ3v) is 3.05. The summed E-state index contributed by atoms with van der Waals surface area (Å²) >= 11 is 0. The first-order chi connectivity index (χ1) is 9.25. The van der Waals surface area contributed by atoms with Gasteiger partial charge in [0.2, 0.25) is 6.10 Å². The maximum Gasteiger partial charge on any atom is 0.291 e. The van der Waals surface area contributed by atoms with Crippen molar-refractivity contribution in [2.24, 2.45) is 0 Å². The molecule has 0 saturated heterocycles. The summed E-state index contributed by atoms with van der Waals surface area (Å²) in [6, 6.07) is 16.5. The predicted octanol–water partition coefficient (Wildman–Crippen LogP) is 3.44. The smallest absolute Gasteiger partial charge is 0.291 e. The third-order valence-electron chi connectivity index (χ3n) is 3.05. The molecule has 0 spiro atoms. The van der Waals surface area contributed by atoms with Crippen molar-refractivity contribution in [3.8, 4) is 5.75 Å². The highest BCUT2D eigenvalue weighted by molar-refractivity contribution is 5.62. The summed E-state index contributed by atoms with van der Waals surface area (Å²) in [5.41, 5.74) is 1.58. The van der Waals surface area contributed by atoms with Gasteiger partial charge in [-0.05, 0) is 6.07 Å². The minimum absolute atomic E-state index is 0.0601. The number of rotatable bonds is 2. The van der Waals surface area contributed by atoms with Crippen LogP contribution in [0.2, 0.25) is 0 Å². The van der Waals surface area contributed by atoms with E-state index in [0.29, 0.717) is 5.75 Å². The molecule has 1 heterocycles. The zero-order valence-corrected chi connectivity index (χ0v) is 10.0. The van der Waals surface area contributed by atoms with E-state index in [0.717, 1.165) is 11.1 Å². The van der Waals surface area contributed by atoms with Gasteiger partial charge < -0.3 is 4.74 Å². The van der Waals surface area contributed by atoms with Gasteiger partial charge in [-0.1, -0.05) is 48.5 Å². The number of nitrogens with zero attached hydrogens (tertiary/aromatic N) is 1. The first-order valence-electron chi connectivity index (χ1n) is 5.92. The van der Waals surface area contributed by atoms with E-state index < -0.39 is 6.10 Å². The Bertz CT molecular complexity index is 649. The summed E-state index contributed by atoms with van der Waals surface area (Å²) in [6.07, 6.45) is 0.919. The van der Waals surface area contributed by atoms with Crippen LogP contribution in [-0.4, -0.2) is 4.92 Å². The second-order valence-corrected chi connectivity index (χ2v) is 4.27. The van der Waals surface area contributed by atoms with E-state index in [1.54, 1.807) is 12.1 Å². The standard InChI is InChI=1S/C15H11NO3/c17-16(18)13-10-12-8-4-5-9-14(12)19-15(13)11-6-2-1-3-7-11/h1-10,15H. The highest BCUT2D eigenvalue weighted by Gasteiger charge is 2.32. The van der Waals surface area contributed by atoms with Crippen molar-refractivity contribution in [2.75, 3.05) is 0 Å². The molecule has 4 nitrogen and oxygen atoms in total. The summed E-state index contributed by atoms with van der Waals surface area (Å²) < 4.78 is 5.78. The highest BCUT2D eigenvalue weighted by Crippen LogP contribution is 2.37. The van der Waals surface area contributed by atoms with Crippen LogP contribution in [-0.2, 0) is 0 Å². The van der Waals surface area contributed by atoms with Crippen LogP contribution < -0.4 is 4.74 Å². The number of benzene rings is 2. The zero-order chi connectivity index (χ0) is 13.2. The number of hydrogen-bond acceptors (Lipinski definition) is 3. The lowest BCUT2D eigenvalue weighted by atomic mass is 10.0. The summed E-state index contributed by atoms with van der Waals surface area (Å²) in [7, 11) is 0. The summed E-state index contributed by atoms with van der Waals surface area (Å²) in [5, 5.41) is 11.2. The average molecular weight is 253 g/mol. The Balaban J connectivity index is 2.10. The molecule has 1 atom stereocenters. The topological polar surface area (TPSA) is 52.4 Å². The summed E-state index contributed by atoms with van der Waals surface area (Å²) in [5.74, 6) is 0.668. The number of nitro groups is 1. The van der Waals surface area contributed by atoms with Crippen LogP contribution >= 0.6 is 0 Å². The molecular weight excluding hydrogens is 242 g/mol. The minimum Gasteiger partial charge on any atom is -0.474 e. The molecule has 4 heteroatoms. The molecule has 0 amide bonds. The number of hydrogen-bond donors (Lipinski definition) is 0. The quantitative estimate of drug-likeness (QED) is 0.608. The molecule has 19 heavy (non-hydrogen) atoms. The molecule has 0 bridgehead atoms. The second kappa shape index (κ2) is 4.57. The normalized spacial score (nSPS) is 17.1. The van der Waals surface area contributed by atoms with E-state index in [9.17, 15) is 10.1 Å². The molecule has 94 valence electrons. The van der Waals surface area contributed by atoms with Crippen LogP contribution in [0.3, 0.4) is 0 Å².